The van der Waals surface area contributed by atoms with Crippen molar-refractivity contribution in [2.45, 2.75) is 19.4 Å². The van der Waals surface area contributed by atoms with Gasteiger partial charge in [-0.1, -0.05) is 31.2 Å². The van der Waals surface area contributed by atoms with Gasteiger partial charge in [-0.05, 0) is 42.2 Å². The maximum absolute atomic E-state index is 13.9. The first-order chi connectivity index (χ1) is 13.5. The quantitative estimate of drug-likeness (QED) is 0.608. The van der Waals surface area contributed by atoms with Crippen LogP contribution in [0.25, 0.3) is 0 Å². The van der Waals surface area contributed by atoms with Crippen LogP contribution >= 0.6 is 0 Å². The van der Waals surface area contributed by atoms with Crippen LogP contribution in [0.15, 0.2) is 59.8 Å². The number of nitrogens with one attached hydrogen (secondary N) is 2. The molecule has 0 spiro atoms. The van der Waals surface area contributed by atoms with Crippen molar-refractivity contribution in [2.24, 2.45) is 11.8 Å². The highest BCUT2D eigenvalue weighted by molar-refractivity contribution is 6.11. The number of methoxy groups -OCH3 is 1. The van der Waals surface area contributed by atoms with Crippen LogP contribution in [0.1, 0.15) is 24.9 Å². The van der Waals surface area contributed by atoms with Gasteiger partial charge in [0.25, 0.3) is 0 Å². The molecule has 0 saturated carbocycles. The maximum atomic E-state index is 13.9. The Morgan fingerprint density at radius 1 is 1.14 bits per heavy atom. The number of anilines is 2. The lowest BCUT2D eigenvalue weighted by atomic mass is 9.75. The Morgan fingerprint density at radius 2 is 1.89 bits per heavy atom. The van der Waals surface area contributed by atoms with E-state index in [9.17, 15) is 14.0 Å². The Hall–Kier alpha value is -3.15. The third-order valence-electron chi connectivity index (χ3n) is 5.41. The number of carbonyl (C=O) groups excluding carboxylic acids is 2. The number of para-hydroxylation sites is 2. The lowest BCUT2D eigenvalue weighted by Crippen LogP contribution is -2.39. The largest absolute Gasteiger partial charge is 0.468 e. The molecule has 0 fully saturated rings. The third kappa shape index (κ3) is 3.05. The number of Topliss-reactive ketones (excluding diaryl/α,β-unsaturated/α-hetero) is 1. The molecule has 0 bridgehead atoms. The molecule has 1 aliphatic carbocycles. The van der Waals surface area contributed by atoms with E-state index < -0.39 is 17.9 Å². The number of ether oxygens (including phenoxy) is 1. The first-order valence-corrected chi connectivity index (χ1v) is 9.22. The van der Waals surface area contributed by atoms with Gasteiger partial charge in [0, 0.05) is 11.3 Å². The summed E-state index contributed by atoms with van der Waals surface area (Å²) < 4.78 is 18.8. The molecular formula is C22H21FN2O3. The van der Waals surface area contributed by atoms with E-state index in [1.54, 1.807) is 12.1 Å². The molecule has 2 aromatic carbocycles. The summed E-state index contributed by atoms with van der Waals surface area (Å²) in [6.45, 7) is 1.87. The minimum Gasteiger partial charge on any atom is -0.468 e. The molecule has 28 heavy (non-hydrogen) atoms. The van der Waals surface area contributed by atoms with Crippen molar-refractivity contribution < 1.29 is 18.7 Å². The molecule has 2 aromatic rings. The summed E-state index contributed by atoms with van der Waals surface area (Å²) in [4.78, 5) is 25.7. The van der Waals surface area contributed by atoms with Gasteiger partial charge in [-0.15, -0.1) is 0 Å². The van der Waals surface area contributed by atoms with Gasteiger partial charge in [-0.2, -0.15) is 0 Å². The number of carbonyl (C=O) groups is 2. The molecule has 144 valence electrons. The van der Waals surface area contributed by atoms with Crippen LogP contribution < -0.4 is 10.6 Å². The fraction of sp³-hybridized carbons (Fsp3) is 0.273. The minimum atomic E-state index is -0.871. The van der Waals surface area contributed by atoms with Crippen molar-refractivity contribution in [1.82, 2.24) is 0 Å². The SMILES string of the molecule is COC(=O)[C@@H]1C(=O)C2=C(C[C@H]1C)Nc1ccccc1N[C@H]2c1cccc(F)c1. The number of fused-ring (bicyclic) bond motifs is 1. The molecule has 0 radical (unpaired) electrons. The van der Waals surface area contributed by atoms with E-state index in [0.717, 1.165) is 17.1 Å². The highest BCUT2D eigenvalue weighted by Crippen LogP contribution is 2.43. The molecule has 4 rings (SSSR count). The molecular weight excluding hydrogens is 359 g/mol. The van der Waals surface area contributed by atoms with Crippen LogP contribution in [0, 0.1) is 17.7 Å². The molecule has 3 atom stereocenters. The number of halogens is 1. The van der Waals surface area contributed by atoms with E-state index in [1.807, 2.05) is 31.2 Å². The fourth-order valence-corrected chi connectivity index (χ4v) is 4.07. The Bertz CT molecular complexity index is 985. The molecule has 1 heterocycles. The van der Waals surface area contributed by atoms with E-state index in [-0.39, 0.29) is 17.5 Å². The summed E-state index contributed by atoms with van der Waals surface area (Å²) in [5.41, 5.74) is 3.48. The highest BCUT2D eigenvalue weighted by atomic mass is 19.1. The van der Waals surface area contributed by atoms with Gasteiger partial charge in [0.15, 0.2) is 5.78 Å². The second kappa shape index (κ2) is 7.11. The van der Waals surface area contributed by atoms with Crippen molar-refractivity contribution in [2.75, 3.05) is 17.7 Å². The van der Waals surface area contributed by atoms with Gasteiger partial charge >= 0.3 is 5.97 Å². The number of hydrogen-bond acceptors (Lipinski definition) is 5. The summed E-state index contributed by atoms with van der Waals surface area (Å²) >= 11 is 0. The molecule has 0 saturated heterocycles. The Labute approximate surface area is 162 Å². The fourth-order valence-electron chi connectivity index (χ4n) is 4.07. The van der Waals surface area contributed by atoms with Crippen LogP contribution in [-0.2, 0) is 14.3 Å². The molecule has 2 N–H and O–H groups in total. The van der Waals surface area contributed by atoms with Crippen molar-refractivity contribution in [3.8, 4) is 0 Å². The molecule has 5 nitrogen and oxygen atoms in total. The zero-order chi connectivity index (χ0) is 19.8. The summed E-state index contributed by atoms with van der Waals surface area (Å²) in [6, 6.07) is 13.2. The van der Waals surface area contributed by atoms with E-state index >= 15 is 0 Å². The van der Waals surface area contributed by atoms with Gasteiger partial charge in [0.1, 0.15) is 11.7 Å². The summed E-state index contributed by atoms with van der Waals surface area (Å²) in [6.07, 6.45) is 0.517. The minimum absolute atomic E-state index is 0.204. The van der Waals surface area contributed by atoms with E-state index in [2.05, 4.69) is 10.6 Å². The topological polar surface area (TPSA) is 67.4 Å². The number of allylic oxidation sites excluding steroid dienone is 1. The molecule has 6 heteroatoms. The molecule has 1 aliphatic heterocycles. The lowest BCUT2D eigenvalue weighted by molar-refractivity contribution is -0.151. The van der Waals surface area contributed by atoms with Crippen molar-refractivity contribution in [1.29, 1.82) is 0 Å². The molecule has 2 aliphatic rings. The van der Waals surface area contributed by atoms with Crippen LogP contribution in [0.2, 0.25) is 0 Å². The van der Waals surface area contributed by atoms with Crippen LogP contribution in [0.4, 0.5) is 15.8 Å². The first kappa shape index (κ1) is 18.2. The summed E-state index contributed by atoms with van der Waals surface area (Å²) in [5, 5.41) is 6.73. The maximum Gasteiger partial charge on any atom is 0.316 e. The second-order valence-corrected chi connectivity index (χ2v) is 7.24. The monoisotopic (exact) mass is 380 g/mol. The predicted molar refractivity (Wildman–Crippen MR) is 104 cm³/mol. The number of ketones is 1. The van der Waals surface area contributed by atoms with Gasteiger partial charge in [0.2, 0.25) is 0 Å². The van der Waals surface area contributed by atoms with E-state index in [4.69, 9.17) is 4.74 Å². The summed E-state index contributed by atoms with van der Waals surface area (Å²) in [7, 11) is 1.29. The number of rotatable bonds is 2. The van der Waals surface area contributed by atoms with Crippen LogP contribution in [0.5, 0.6) is 0 Å². The third-order valence-corrected chi connectivity index (χ3v) is 5.41. The Morgan fingerprint density at radius 3 is 2.61 bits per heavy atom. The van der Waals surface area contributed by atoms with Gasteiger partial charge in [-0.25, -0.2) is 4.39 Å². The number of hydrogen-bond donors (Lipinski definition) is 2. The van der Waals surface area contributed by atoms with Crippen molar-refractivity contribution in [3.63, 3.8) is 0 Å². The van der Waals surface area contributed by atoms with Crippen molar-refractivity contribution >= 4 is 23.1 Å². The van der Waals surface area contributed by atoms with Gasteiger partial charge in [-0.3, -0.25) is 9.59 Å². The smallest absolute Gasteiger partial charge is 0.316 e. The second-order valence-electron chi connectivity index (χ2n) is 7.24. The van der Waals surface area contributed by atoms with Crippen molar-refractivity contribution in [3.05, 3.63) is 71.2 Å². The lowest BCUT2D eigenvalue weighted by Gasteiger charge is -2.32. The number of esters is 1. The Balaban J connectivity index is 1.88. The van der Waals surface area contributed by atoms with Gasteiger partial charge < -0.3 is 15.4 Å². The van der Waals surface area contributed by atoms with Gasteiger partial charge in [0.05, 0.1) is 24.5 Å². The molecule has 0 amide bonds. The first-order valence-electron chi connectivity index (χ1n) is 9.22. The molecule has 0 unspecified atom stereocenters. The average molecular weight is 380 g/mol. The number of benzene rings is 2. The summed E-state index contributed by atoms with van der Waals surface area (Å²) in [5.74, 6) is -2.28. The van der Waals surface area contributed by atoms with Crippen LogP contribution in [0.3, 0.4) is 0 Å². The van der Waals surface area contributed by atoms with Crippen LogP contribution in [-0.4, -0.2) is 18.9 Å². The predicted octanol–water partition coefficient (Wildman–Crippen LogP) is 4.06. The molecule has 0 aromatic heterocycles. The zero-order valence-electron chi connectivity index (χ0n) is 15.7. The van der Waals surface area contributed by atoms with E-state index in [1.165, 1.54) is 19.2 Å². The van der Waals surface area contributed by atoms with E-state index in [0.29, 0.717) is 17.6 Å². The highest BCUT2D eigenvalue weighted by Gasteiger charge is 2.44. The Kier molecular flexibility index (Phi) is 4.63. The standard InChI is InChI=1S/C22H21FN2O3/c1-12-10-17-19(21(26)18(12)22(27)28-2)20(13-6-5-7-14(23)11-13)25-16-9-4-3-8-15(16)24-17/h3-9,11-12,18,20,24-25H,10H2,1-2H3/t12-,18+,20+/m1/s1. The normalized spacial score (nSPS) is 23.7. The average Bonchev–Trinajstić information content (AvgIpc) is 2.84. The zero-order valence-corrected chi connectivity index (χ0v) is 15.7.